The van der Waals surface area contributed by atoms with Gasteiger partial charge in [0.1, 0.15) is 23.0 Å². The number of halogens is 2. The van der Waals surface area contributed by atoms with Crippen LogP contribution in [0.5, 0.6) is 0 Å². The molecule has 4 aliphatic carbocycles. The molecule has 2 nitrogen and oxygen atoms in total. The first-order valence-corrected chi connectivity index (χ1v) is 21.0. The van der Waals surface area contributed by atoms with Crippen LogP contribution in [0.4, 0.5) is 0 Å². The molecule has 0 spiro atoms. The Morgan fingerprint density at radius 3 is 1.24 bits per heavy atom. The van der Waals surface area contributed by atoms with E-state index in [-0.39, 0.29) is 0 Å². The Labute approximate surface area is 286 Å². The van der Waals surface area contributed by atoms with Crippen LogP contribution in [0.25, 0.3) is 11.1 Å². The molecule has 8 rings (SSSR count). The monoisotopic (exact) mass is 702 g/mol. The Morgan fingerprint density at radius 1 is 0.489 bits per heavy atom. The predicted molar refractivity (Wildman–Crippen MR) is 181 cm³/mol. The molecule has 0 unspecified atom stereocenters. The van der Waals surface area contributed by atoms with E-state index in [2.05, 4.69) is 111 Å². The van der Waals surface area contributed by atoms with Crippen LogP contribution in [0.3, 0.4) is 0 Å². The van der Waals surface area contributed by atoms with Gasteiger partial charge in [-0.2, -0.15) is 0 Å². The SMILES string of the molecule is Cc1ccc([C]2[CH][C]3C=CC=C(c4ccccc4)[C]3[CH]2)o1.Cc1ccc([C]2[CH][C]3C=CC=C(c4ccccc4)[C]3[CH]2)o1.[Cl][Zr][Cl]. The molecule has 2 saturated carbocycles. The number of fused-ring (bicyclic) bond motifs is 2. The summed E-state index contributed by atoms with van der Waals surface area (Å²) in [6.45, 7) is 3.95. The standard InChI is InChI=1S/2C20H15O.2ClH.Zr/c2*1-14-10-11-20(21-14)17-12-16-8-5-9-18(19(16)13-17)15-6-3-2-4-7-15;;;/h2*2-13H,1H3;2*1H;/q;;;;+2/p-2. The fourth-order valence-electron chi connectivity index (χ4n) is 5.67. The summed E-state index contributed by atoms with van der Waals surface area (Å²) in [5.41, 5.74) is 5.03. The molecule has 0 saturated heterocycles. The fraction of sp³-hybridized carbons (Fsp3) is 0.0500. The van der Waals surface area contributed by atoms with Gasteiger partial charge in [0, 0.05) is 35.5 Å². The summed E-state index contributed by atoms with van der Waals surface area (Å²) in [5, 5.41) is 0. The third-order valence-electron chi connectivity index (χ3n) is 7.72. The van der Waals surface area contributed by atoms with E-state index in [9.17, 15) is 0 Å². The molecule has 220 valence electrons. The van der Waals surface area contributed by atoms with Crippen molar-refractivity contribution in [2.24, 2.45) is 0 Å². The summed E-state index contributed by atoms with van der Waals surface area (Å²) in [7, 11) is 9.87. The Hall–Kier alpha value is -2.58. The normalized spacial score (nSPS) is 18.8. The van der Waals surface area contributed by atoms with Crippen molar-refractivity contribution in [3.05, 3.63) is 217 Å². The first-order valence-electron chi connectivity index (χ1n) is 14.6. The van der Waals surface area contributed by atoms with E-state index in [1.165, 1.54) is 45.9 Å². The van der Waals surface area contributed by atoms with Crippen molar-refractivity contribution in [2.45, 2.75) is 13.8 Å². The van der Waals surface area contributed by atoms with Gasteiger partial charge in [-0.25, -0.2) is 0 Å². The summed E-state index contributed by atoms with van der Waals surface area (Å²) < 4.78 is 11.5. The first-order chi connectivity index (χ1) is 22.0. The number of benzene rings is 2. The van der Waals surface area contributed by atoms with Crippen LogP contribution < -0.4 is 0 Å². The molecule has 45 heavy (non-hydrogen) atoms. The fourth-order valence-corrected chi connectivity index (χ4v) is 5.67. The molecule has 0 bridgehead atoms. The van der Waals surface area contributed by atoms with Gasteiger partial charge in [-0.1, -0.05) is 97.1 Å². The Kier molecular flexibility index (Phi) is 11.0. The van der Waals surface area contributed by atoms with Crippen molar-refractivity contribution < 1.29 is 29.7 Å². The molecule has 4 aliphatic rings. The molecule has 10 radical (unpaired) electrons. The van der Waals surface area contributed by atoms with Crippen LogP contribution in [0.15, 0.2) is 130 Å². The molecular weight excluding hydrogens is 675 g/mol. The van der Waals surface area contributed by atoms with Crippen molar-refractivity contribution in [3.63, 3.8) is 0 Å². The van der Waals surface area contributed by atoms with E-state index in [1.807, 2.05) is 50.2 Å². The minimum atomic E-state index is -0.826. The van der Waals surface area contributed by atoms with Gasteiger partial charge in [0.25, 0.3) is 0 Å². The van der Waals surface area contributed by atoms with E-state index in [4.69, 9.17) is 25.9 Å². The number of hydrogen-bond donors (Lipinski definition) is 0. The Balaban J connectivity index is 0.000000146. The predicted octanol–water partition coefficient (Wildman–Crippen LogP) is 10.8. The maximum atomic E-state index is 5.74. The molecule has 4 aromatic rings. The summed E-state index contributed by atoms with van der Waals surface area (Å²) in [4.78, 5) is 0. The molecular formula is C40H30Cl2O2Zr. The molecule has 5 heteroatoms. The third kappa shape index (κ3) is 7.70. The minimum absolute atomic E-state index is 0.826. The van der Waals surface area contributed by atoms with E-state index in [1.54, 1.807) is 0 Å². The van der Waals surface area contributed by atoms with Gasteiger partial charge in [0.15, 0.2) is 0 Å². The number of aryl methyl sites for hydroxylation is 2. The summed E-state index contributed by atoms with van der Waals surface area (Å²) >= 11 is -0.826. The molecule has 0 aliphatic heterocycles. The zero-order valence-electron chi connectivity index (χ0n) is 24.9. The average Bonchev–Trinajstić information content (AvgIpc) is 3.88. The van der Waals surface area contributed by atoms with Crippen molar-refractivity contribution in [1.82, 2.24) is 0 Å². The van der Waals surface area contributed by atoms with Crippen molar-refractivity contribution >= 4 is 28.2 Å². The van der Waals surface area contributed by atoms with Gasteiger partial charge < -0.3 is 8.83 Å². The van der Waals surface area contributed by atoms with Gasteiger partial charge in [-0.05, 0) is 86.1 Å². The van der Waals surface area contributed by atoms with E-state index >= 15 is 0 Å². The molecule has 0 amide bonds. The molecule has 2 fully saturated rings. The van der Waals surface area contributed by atoms with Crippen LogP contribution in [0.1, 0.15) is 34.2 Å². The van der Waals surface area contributed by atoms with E-state index in [0.29, 0.717) is 0 Å². The van der Waals surface area contributed by atoms with Crippen molar-refractivity contribution in [1.29, 1.82) is 0 Å². The van der Waals surface area contributed by atoms with Gasteiger partial charge in [-0.15, -0.1) is 0 Å². The van der Waals surface area contributed by atoms with Gasteiger partial charge >= 0.3 is 37.9 Å². The molecule has 2 heterocycles. The zero-order valence-corrected chi connectivity index (χ0v) is 28.9. The quantitative estimate of drug-likeness (QED) is 0.211. The van der Waals surface area contributed by atoms with E-state index < -0.39 is 20.8 Å². The number of allylic oxidation sites excluding steroid dienone is 8. The van der Waals surface area contributed by atoms with Crippen molar-refractivity contribution in [3.8, 4) is 0 Å². The Bertz CT molecular complexity index is 1540. The third-order valence-corrected chi connectivity index (χ3v) is 7.72. The van der Waals surface area contributed by atoms with Crippen LogP contribution >= 0.6 is 17.0 Å². The van der Waals surface area contributed by atoms with Gasteiger partial charge in [0.05, 0.1) is 0 Å². The molecule has 2 aromatic heterocycles. The van der Waals surface area contributed by atoms with Crippen LogP contribution in [0.2, 0.25) is 0 Å². The topological polar surface area (TPSA) is 26.3 Å². The zero-order chi connectivity index (χ0) is 31.2. The summed E-state index contributed by atoms with van der Waals surface area (Å²) in [6, 6.07) is 29.1. The molecule has 0 N–H and O–H groups in total. The van der Waals surface area contributed by atoms with E-state index in [0.717, 1.165) is 34.9 Å². The number of furan rings is 2. The maximum absolute atomic E-state index is 5.74. The second-order valence-corrected chi connectivity index (χ2v) is 14.5. The van der Waals surface area contributed by atoms with Gasteiger partial charge in [0.2, 0.25) is 0 Å². The second kappa shape index (κ2) is 15.3. The van der Waals surface area contributed by atoms with Crippen LogP contribution in [-0.4, -0.2) is 0 Å². The molecule has 2 aromatic carbocycles. The Morgan fingerprint density at radius 2 is 0.889 bits per heavy atom. The number of hydrogen-bond acceptors (Lipinski definition) is 2. The number of rotatable bonds is 4. The van der Waals surface area contributed by atoms with Gasteiger partial charge in [-0.3, -0.25) is 0 Å². The summed E-state index contributed by atoms with van der Waals surface area (Å²) in [5.74, 6) is 11.1. The molecule has 0 atom stereocenters. The van der Waals surface area contributed by atoms with Crippen molar-refractivity contribution in [2.75, 3.05) is 0 Å². The van der Waals surface area contributed by atoms with Crippen LogP contribution in [0, 0.1) is 75.0 Å². The average molecular weight is 705 g/mol. The van der Waals surface area contributed by atoms with Crippen LogP contribution in [-0.2, 0) is 20.8 Å². The summed E-state index contributed by atoms with van der Waals surface area (Å²) in [6.07, 6.45) is 21.7. The first kappa shape index (κ1) is 32.4. The second-order valence-electron chi connectivity index (χ2n) is 10.7.